The maximum absolute atomic E-state index is 12.5. The predicted molar refractivity (Wildman–Crippen MR) is 100 cm³/mol. The minimum atomic E-state index is -0.505. The fourth-order valence-corrected chi connectivity index (χ4v) is 2.68. The summed E-state index contributed by atoms with van der Waals surface area (Å²) < 4.78 is 10.2. The van der Waals surface area contributed by atoms with Crippen LogP contribution in [-0.4, -0.2) is 61.7 Å². The van der Waals surface area contributed by atoms with E-state index in [9.17, 15) is 14.9 Å². The van der Waals surface area contributed by atoms with Gasteiger partial charge in [-0.05, 0) is 31.5 Å². The highest BCUT2D eigenvalue weighted by Crippen LogP contribution is 2.25. The standard InChI is InChI=1S/C19H24N4O4/c1-4-27-19(25)23-9-7-22(8-10-23)13-15(12-20)18(24)21-16-11-14(2)5-6-17(16)26-3/h5-6,11,13H,4,7-10H2,1-3H3,(H,21,24)/b15-13-. The number of rotatable bonds is 5. The summed E-state index contributed by atoms with van der Waals surface area (Å²) in [4.78, 5) is 27.7. The number of benzene rings is 1. The fourth-order valence-electron chi connectivity index (χ4n) is 2.68. The highest BCUT2D eigenvalue weighted by molar-refractivity contribution is 6.07. The lowest BCUT2D eigenvalue weighted by molar-refractivity contribution is -0.112. The Hall–Kier alpha value is -3.21. The Labute approximate surface area is 158 Å². The molecule has 0 saturated carbocycles. The van der Waals surface area contributed by atoms with Gasteiger partial charge in [-0.25, -0.2) is 4.79 Å². The third-order valence-corrected chi connectivity index (χ3v) is 4.12. The van der Waals surface area contributed by atoms with Crippen molar-refractivity contribution in [1.82, 2.24) is 9.80 Å². The molecule has 1 N–H and O–H groups in total. The molecule has 0 radical (unpaired) electrons. The van der Waals surface area contributed by atoms with Gasteiger partial charge >= 0.3 is 6.09 Å². The molecule has 1 heterocycles. The van der Waals surface area contributed by atoms with E-state index in [1.807, 2.05) is 24.0 Å². The highest BCUT2D eigenvalue weighted by atomic mass is 16.6. The fraction of sp³-hybridized carbons (Fsp3) is 0.421. The molecule has 1 saturated heterocycles. The Morgan fingerprint density at radius 2 is 2.00 bits per heavy atom. The summed E-state index contributed by atoms with van der Waals surface area (Å²) >= 11 is 0. The van der Waals surface area contributed by atoms with Gasteiger partial charge in [0.25, 0.3) is 5.91 Å². The Bertz CT molecular complexity index is 761. The summed E-state index contributed by atoms with van der Waals surface area (Å²) in [6.07, 6.45) is 1.19. The largest absolute Gasteiger partial charge is 0.495 e. The number of carbonyl (C=O) groups is 2. The lowest BCUT2D eigenvalue weighted by Gasteiger charge is -2.33. The molecular weight excluding hydrogens is 348 g/mol. The number of nitrogens with one attached hydrogen (secondary N) is 1. The van der Waals surface area contributed by atoms with Crippen LogP contribution in [0.25, 0.3) is 0 Å². The molecule has 0 aliphatic carbocycles. The lowest BCUT2D eigenvalue weighted by Crippen LogP contribution is -2.47. The van der Waals surface area contributed by atoms with Crippen molar-refractivity contribution in [1.29, 1.82) is 5.26 Å². The third kappa shape index (κ3) is 5.38. The Morgan fingerprint density at radius 1 is 1.30 bits per heavy atom. The quantitative estimate of drug-likeness (QED) is 0.628. The second kappa shape index (κ2) is 9.48. The maximum Gasteiger partial charge on any atom is 0.409 e. The average molecular weight is 372 g/mol. The molecule has 1 fully saturated rings. The second-order valence-electron chi connectivity index (χ2n) is 6.03. The summed E-state index contributed by atoms with van der Waals surface area (Å²) in [5.41, 5.74) is 1.46. The molecule has 2 rings (SSSR count). The van der Waals surface area contributed by atoms with E-state index >= 15 is 0 Å². The van der Waals surface area contributed by atoms with Gasteiger partial charge in [0.2, 0.25) is 0 Å². The zero-order valence-corrected chi connectivity index (χ0v) is 15.8. The highest BCUT2D eigenvalue weighted by Gasteiger charge is 2.22. The third-order valence-electron chi connectivity index (χ3n) is 4.12. The van der Waals surface area contributed by atoms with Gasteiger partial charge in [-0.15, -0.1) is 0 Å². The van der Waals surface area contributed by atoms with Gasteiger partial charge < -0.3 is 24.6 Å². The molecular formula is C19H24N4O4. The normalized spacial score (nSPS) is 14.4. The van der Waals surface area contributed by atoms with Crippen molar-refractivity contribution in [2.45, 2.75) is 13.8 Å². The Balaban J connectivity index is 2.02. The number of anilines is 1. The average Bonchev–Trinajstić information content (AvgIpc) is 2.67. The van der Waals surface area contributed by atoms with E-state index in [1.54, 1.807) is 24.0 Å². The van der Waals surface area contributed by atoms with Gasteiger partial charge in [0.05, 0.1) is 19.4 Å². The van der Waals surface area contributed by atoms with Crippen LogP contribution in [-0.2, 0) is 9.53 Å². The minimum absolute atomic E-state index is 0.0110. The summed E-state index contributed by atoms with van der Waals surface area (Å²) in [6.45, 7) is 5.98. The molecule has 1 aromatic carbocycles. The van der Waals surface area contributed by atoms with Gasteiger partial charge in [-0.1, -0.05) is 6.07 Å². The van der Waals surface area contributed by atoms with E-state index in [2.05, 4.69) is 5.32 Å². The van der Waals surface area contributed by atoms with E-state index in [1.165, 1.54) is 13.3 Å². The van der Waals surface area contributed by atoms with E-state index in [0.717, 1.165) is 5.56 Å². The Kier molecular flexibility index (Phi) is 7.06. The molecule has 1 aliphatic rings. The van der Waals surface area contributed by atoms with E-state index < -0.39 is 5.91 Å². The number of nitrogens with zero attached hydrogens (tertiary/aromatic N) is 3. The molecule has 8 nitrogen and oxygen atoms in total. The van der Waals surface area contributed by atoms with Crippen molar-refractivity contribution in [3.63, 3.8) is 0 Å². The number of methoxy groups -OCH3 is 1. The predicted octanol–water partition coefficient (Wildman–Crippen LogP) is 2.12. The van der Waals surface area contributed by atoms with Crippen molar-refractivity contribution < 1.29 is 19.1 Å². The van der Waals surface area contributed by atoms with Crippen LogP contribution in [0.5, 0.6) is 5.75 Å². The van der Waals surface area contributed by atoms with Crippen LogP contribution in [0.3, 0.4) is 0 Å². The molecule has 1 aromatic rings. The zero-order valence-electron chi connectivity index (χ0n) is 15.8. The summed E-state index contributed by atoms with van der Waals surface area (Å²) in [7, 11) is 1.52. The van der Waals surface area contributed by atoms with Crippen LogP contribution in [0.1, 0.15) is 12.5 Å². The first-order valence-electron chi connectivity index (χ1n) is 8.72. The molecule has 8 heteroatoms. The second-order valence-corrected chi connectivity index (χ2v) is 6.03. The van der Waals surface area contributed by atoms with E-state index in [-0.39, 0.29) is 11.7 Å². The summed E-state index contributed by atoms with van der Waals surface area (Å²) in [5, 5.41) is 12.1. The van der Waals surface area contributed by atoms with Crippen LogP contribution in [0.2, 0.25) is 0 Å². The molecule has 0 aromatic heterocycles. The van der Waals surface area contributed by atoms with Crippen molar-refractivity contribution >= 4 is 17.7 Å². The zero-order chi connectivity index (χ0) is 19.8. The number of amides is 2. The first-order chi connectivity index (χ1) is 13.0. The molecule has 27 heavy (non-hydrogen) atoms. The van der Waals surface area contributed by atoms with Gasteiger partial charge in [0, 0.05) is 32.4 Å². The lowest BCUT2D eigenvalue weighted by atomic mass is 10.2. The van der Waals surface area contributed by atoms with Crippen LogP contribution < -0.4 is 10.1 Å². The molecule has 1 aliphatic heterocycles. The number of hydrogen-bond donors (Lipinski definition) is 1. The van der Waals surface area contributed by atoms with Crippen LogP contribution >= 0.6 is 0 Å². The number of ether oxygens (including phenoxy) is 2. The topological polar surface area (TPSA) is 94.9 Å². The first kappa shape index (κ1) is 20.1. The number of nitriles is 1. The monoisotopic (exact) mass is 372 g/mol. The molecule has 0 bridgehead atoms. The summed E-state index contributed by atoms with van der Waals surface area (Å²) in [6, 6.07) is 7.35. The van der Waals surface area contributed by atoms with Crippen LogP contribution in [0, 0.1) is 18.3 Å². The van der Waals surface area contributed by atoms with Crippen molar-refractivity contribution in [3.05, 3.63) is 35.5 Å². The number of carbonyl (C=O) groups excluding carboxylic acids is 2. The maximum atomic E-state index is 12.5. The number of piperazine rings is 1. The molecule has 2 amide bonds. The van der Waals surface area contributed by atoms with Crippen LogP contribution in [0.15, 0.2) is 30.0 Å². The molecule has 144 valence electrons. The van der Waals surface area contributed by atoms with Crippen molar-refractivity contribution in [3.8, 4) is 11.8 Å². The van der Waals surface area contributed by atoms with Crippen molar-refractivity contribution in [2.24, 2.45) is 0 Å². The molecule has 0 atom stereocenters. The van der Waals surface area contributed by atoms with Gasteiger partial charge in [-0.3, -0.25) is 4.79 Å². The number of aryl methyl sites for hydroxylation is 1. The van der Waals surface area contributed by atoms with Crippen LogP contribution in [0.4, 0.5) is 10.5 Å². The van der Waals surface area contributed by atoms with E-state index in [0.29, 0.717) is 44.2 Å². The van der Waals surface area contributed by atoms with Gasteiger partial charge in [0.1, 0.15) is 17.4 Å². The first-order valence-corrected chi connectivity index (χ1v) is 8.72. The number of hydrogen-bond acceptors (Lipinski definition) is 6. The SMILES string of the molecule is CCOC(=O)N1CCN(/C=C(/C#N)C(=O)Nc2cc(C)ccc2OC)CC1. The Morgan fingerprint density at radius 3 is 2.59 bits per heavy atom. The minimum Gasteiger partial charge on any atom is -0.495 e. The van der Waals surface area contributed by atoms with E-state index in [4.69, 9.17) is 9.47 Å². The molecule has 0 unspecified atom stereocenters. The molecule has 0 spiro atoms. The van der Waals surface area contributed by atoms with Crippen molar-refractivity contribution in [2.75, 3.05) is 45.2 Å². The van der Waals surface area contributed by atoms with Gasteiger partial charge in [-0.2, -0.15) is 5.26 Å². The van der Waals surface area contributed by atoms with Gasteiger partial charge in [0.15, 0.2) is 0 Å². The smallest absolute Gasteiger partial charge is 0.409 e. The summed E-state index contributed by atoms with van der Waals surface area (Å²) in [5.74, 6) is 0.0171.